The number of rotatable bonds is 9. The Morgan fingerprint density at radius 2 is 1.81 bits per heavy atom. The van der Waals surface area contributed by atoms with Gasteiger partial charge in [-0.3, -0.25) is 14.3 Å². The summed E-state index contributed by atoms with van der Waals surface area (Å²) in [5.41, 5.74) is 4.02. The number of halogens is 1. The standard InChI is InChI=1S/C13H19NO2S.C11H13FOS/c1-4-5-6-11-7-8-12(9-10(11)2)13(15)14-17(3)16;1-8(13)7-14-9(2)10-3-5-11(12)6-4-10/h7-9H,4-6H2,1-3H3,(H,14,15);3-6,9H,7H2,1-2H3. The Hall–Kier alpha value is -1.99. The number of nitrogens with one attached hydrogen (secondary N) is 1. The number of hydrogen-bond acceptors (Lipinski definition) is 4. The van der Waals surface area contributed by atoms with Gasteiger partial charge >= 0.3 is 0 Å². The van der Waals surface area contributed by atoms with Gasteiger partial charge in [-0.05, 0) is 74.6 Å². The molecule has 0 aliphatic rings. The van der Waals surface area contributed by atoms with E-state index in [-0.39, 0.29) is 22.8 Å². The summed E-state index contributed by atoms with van der Waals surface area (Å²) < 4.78 is 25.9. The molecule has 1 amide bonds. The van der Waals surface area contributed by atoms with Gasteiger partial charge in [-0.1, -0.05) is 31.5 Å². The van der Waals surface area contributed by atoms with Gasteiger partial charge in [-0.15, -0.1) is 11.8 Å². The Labute approximate surface area is 192 Å². The van der Waals surface area contributed by atoms with Crippen LogP contribution in [0.3, 0.4) is 0 Å². The van der Waals surface area contributed by atoms with Crippen molar-refractivity contribution >= 4 is 34.4 Å². The molecule has 0 aromatic heterocycles. The van der Waals surface area contributed by atoms with E-state index in [4.69, 9.17) is 0 Å². The van der Waals surface area contributed by atoms with E-state index < -0.39 is 11.0 Å². The monoisotopic (exact) mass is 465 g/mol. The van der Waals surface area contributed by atoms with E-state index in [0.29, 0.717) is 11.3 Å². The summed E-state index contributed by atoms with van der Waals surface area (Å²) in [5, 5.41) is 0.236. The summed E-state index contributed by atoms with van der Waals surface area (Å²) in [7, 11) is -1.31. The molecule has 2 atom stereocenters. The quantitative estimate of drug-likeness (QED) is 0.526. The van der Waals surface area contributed by atoms with E-state index in [1.54, 1.807) is 36.9 Å². The number of ketones is 1. The average molecular weight is 466 g/mol. The van der Waals surface area contributed by atoms with E-state index in [1.165, 1.54) is 24.0 Å². The third-order valence-corrected chi connectivity index (χ3v) is 6.34. The molecule has 0 heterocycles. The van der Waals surface area contributed by atoms with E-state index in [1.807, 2.05) is 26.0 Å². The SMILES string of the molecule is CC(=O)CSC(C)c1ccc(F)cc1.CCCCc1ccc(C(=O)NS(C)=O)cc1C. The van der Waals surface area contributed by atoms with Gasteiger partial charge in [0, 0.05) is 17.1 Å². The first-order valence-corrected chi connectivity index (χ1v) is 12.8. The topological polar surface area (TPSA) is 63.2 Å². The number of amides is 1. The maximum Gasteiger partial charge on any atom is 0.262 e. The second kappa shape index (κ2) is 14.1. The fourth-order valence-electron chi connectivity index (χ4n) is 2.75. The second-order valence-electron chi connectivity index (χ2n) is 7.34. The van der Waals surface area contributed by atoms with Crippen molar-refractivity contribution in [3.05, 3.63) is 70.5 Å². The van der Waals surface area contributed by atoms with Crippen LogP contribution in [0.4, 0.5) is 4.39 Å². The minimum Gasteiger partial charge on any atom is -0.299 e. The first-order chi connectivity index (χ1) is 14.6. The highest BCUT2D eigenvalue weighted by atomic mass is 32.2. The molecule has 0 saturated carbocycles. The lowest BCUT2D eigenvalue weighted by molar-refractivity contribution is -0.114. The van der Waals surface area contributed by atoms with E-state index in [2.05, 4.69) is 11.6 Å². The van der Waals surface area contributed by atoms with Crippen molar-refractivity contribution in [3.63, 3.8) is 0 Å². The first kappa shape index (κ1) is 27.0. The maximum absolute atomic E-state index is 12.6. The molecule has 0 saturated heterocycles. The van der Waals surface area contributed by atoms with Crippen molar-refractivity contribution in [2.45, 2.75) is 52.2 Å². The normalized spacial score (nSPS) is 12.3. The van der Waals surface area contributed by atoms with Crippen LogP contribution >= 0.6 is 11.8 Å². The maximum atomic E-state index is 12.6. The van der Waals surface area contributed by atoms with E-state index in [9.17, 15) is 18.2 Å². The van der Waals surface area contributed by atoms with Gasteiger partial charge in [0.15, 0.2) is 0 Å². The van der Waals surface area contributed by atoms with Crippen LogP contribution in [-0.2, 0) is 22.2 Å². The zero-order chi connectivity index (χ0) is 23.4. The van der Waals surface area contributed by atoms with Crippen LogP contribution in [0.25, 0.3) is 0 Å². The second-order valence-corrected chi connectivity index (χ2v) is 9.78. The van der Waals surface area contributed by atoms with Crippen LogP contribution < -0.4 is 4.72 Å². The smallest absolute Gasteiger partial charge is 0.262 e. The molecule has 0 aliphatic carbocycles. The van der Waals surface area contributed by atoms with Crippen LogP contribution in [0.2, 0.25) is 0 Å². The summed E-state index contributed by atoms with van der Waals surface area (Å²) in [6, 6.07) is 12.0. The molecule has 0 radical (unpaired) electrons. The Morgan fingerprint density at radius 3 is 2.32 bits per heavy atom. The van der Waals surface area contributed by atoms with E-state index in [0.717, 1.165) is 30.4 Å². The molecule has 7 heteroatoms. The highest BCUT2D eigenvalue weighted by molar-refractivity contribution is 8.00. The zero-order valence-electron chi connectivity index (χ0n) is 18.9. The van der Waals surface area contributed by atoms with Crippen molar-refractivity contribution in [2.75, 3.05) is 12.0 Å². The van der Waals surface area contributed by atoms with Crippen molar-refractivity contribution < 1.29 is 18.2 Å². The van der Waals surface area contributed by atoms with Gasteiger partial charge in [0.05, 0.1) is 5.75 Å². The summed E-state index contributed by atoms with van der Waals surface area (Å²) in [6.07, 6.45) is 4.81. The molecule has 2 rings (SSSR count). The fraction of sp³-hybridized carbons (Fsp3) is 0.417. The van der Waals surface area contributed by atoms with Crippen molar-refractivity contribution in [1.82, 2.24) is 4.72 Å². The van der Waals surface area contributed by atoms with Crippen molar-refractivity contribution in [3.8, 4) is 0 Å². The average Bonchev–Trinajstić information content (AvgIpc) is 2.71. The Kier molecular flexibility index (Phi) is 12.3. The predicted molar refractivity (Wildman–Crippen MR) is 129 cm³/mol. The van der Waals surface area contributed by atoms with Gasteiger partial charge in [-0.25, -0.2) is 8.60 Å². The number of aryl methyl sites for hydroxylation is 2. The molecule has 2 aromatic carbocycles. The molecule has 2 unspecified atom stereocenters. The zero-order valence-corrected chi connectivity index (χ0v) is 20.5. The highest BCUT2D eigenvalue weighted by Crippen LogP contribution is 2.27. The lowest BCUT2D eigenvalue weighted by Crippen LogP contribution is -2.24. The van der Waals surface area contributed by atoms with Crippen molar-refractivity contribution in [1.29, 1.82) is 0 Å². The molecule has 31 heavy (non-hydrogen) atoms. The van der Waals surface area contributed by atoms with Crippen molar-refractivity contribution in [2.24, 2.45) is 0 Å². The van der Waals surface area contributed by atoms with Gasteiger partial charge in [-0.2, -0.15) is 0 Å². The lowest BCUT2D eigenvalue weighted by atomic mass is 10.0. The fourth-order valence-corrected chi connectivity index (χ4v) is 3.96. The summed E-state index contributed by atoms with van der Waals surface area (Å²) in [6.45, 7) is 7.75. The Morgan fingerprint density at radius 1 is 1.16 bits per heavy atom. The molecule has 0 fully saturated rings. The third kappa shape index (κ3) is 10.7. The molecular formula is C24H32FNO3S2. The van der Waals surface area contributed by atoms with E-state index >= 15 is 0 Å². The number of Topliss-reactive ketones (excluding diaryl/α,β-unsaturated/α-hetero) is 1. The van der Waals surface area contributed by atoms with Crippen LogP contribution in [-0.4, -0.2) is 27.9 Å². The number of benzene rings is 2. The molecular weight excluding hydrogens is 433 g/mol. The van der Waals surface area contributed by atoms with Gasteiger partial charge in [0.1, 0.15) is 22.6 Å². The lowest BCUT2D eigenvalue weighted by Gasteiger charge is -2.09. The highest BCUT2D eigenvalue weighted by Gasteiger charge is 2.09. The molecule has 2 aromatic rings. The first-order valence-electron chi connectivity index (χ1n) is 10.2. The van der Waals surface area contributed by atoms with Crippen LogP contribution in [0.1, 0.15) is 65.9 Å². The summed E-state index contributed by atoms with van der Waals surface area (Å²) >= 11 is 1.57. The van der Waals surface area contributed by atoms with Gasteiger partial charge < -0.3 is 0 Å². The largest absolute Gasteiger partial charge is 0.299 e. The molecule has 4 nitrogen and oxygen atoms in total. The molecule has 0 aliphatic heterocycles. The minimum atomic E-state index is -1.31. The Balaban J connectivity index is 0.000000316. The van der Waals surface area contributed by atoms with Crippen LogP contribution in [0, 0.1) is 12.7 Å². The predicted octanol–water partition coefficient (Wildman–Crippen LogP) is 5.57. The van der Waals surface area contributed by atoms with Gasteiger partial charge in [0.25, 0.3) is 5.91 Å². The summed E-state index contributed by atoms with van der Waals surface area (Å²) in [4.78, 5) is 22.4. The van der Waals surface area contributed by atoms with Crippen LogP contribution in [0.5, 0.6) is 0 Å². The Bertz CT molecular complexity index is 885. The number of unbranched alkanes of at least 4 members (excludes halogenated alkanes) is 1. The number of hydrogen-bond donors (Lipinski definition) is 1. The van der Waals surface area contributed by atoms with Crippen LogP contribution in [0.15, 0.2) is 42.5 Å². The molecule has 170 valence electrons. The van der Waals surface area contributed by atoms with Gasteiger partial charge in [0.2, 0.25) is 0 Å². The number of thioether (sulfide) groups is 1. The number of carbonyl (C=O) groups excluding carboxylic acids is 2. The molecule has 0 spiro atoms. The molecule has 0 bridgehead atoms. The number of carbonyl (C=O) groups is 2. The summed E-state index contributed by atoms with van der Waals surface area (Å²) in [5.74, 6) is 0.177. The third-order valence-electron chi connectivity index (χ3n) is 4.52. The molecule has 1 N–H and O–H groups in total. The minimum absolute atomic E-state index is 0.170.